The molecule has 0 bridgehead atoms. The highest BCUT2D eigenvalue weighted by Crippen LogP contribution is 2.46. The Hall–Kier alpha value is 0.177. The maximum absolute atomic E-state index is 12.6. The predicted molar refractivity (Wildman–Crippen MR) is 219 cm³/mol. The minimum absolute atomic E-state index is 0.548. The summed E-state index contributed by atoms with van der Waals surface area (Å²) in [5.41, 5.74) is 1.64. The Morgan fingerprint density at radius 2 is 0.426 bits per heavy atom. The zero-order valence-corrected chi connectivity index (χ0v) is 35.1. The lowest BCUT2D eigenvalue weighted by atomic mass is 10.0. The number of unbranched alkanes of at least 4 members (excludes halogenated alkanes) is 30. The molecule has 3 unspecified atom stereocenters. The molecular formula is C45H94OSi. The molecule has 0 amide bonds. The first-order valence-electron chi connectivity index (χ1n) is 22.7. The van der Waals surface area contributed by atoms with Crippen LogP contribution >= 0.6 is 0 Å². The third kappa shape index (κ3) is 27.6. The van der Waals surface area contributed by atoms with Crippen molar-refractivity contribution in [3.8, 4) is 0 Å². The first-order chi connectivity index (χ1) is 22.9. The molecule has 0 fully saturated rings. The molecule has 3 atom stereocenters. The van der Waals surface area contributed by atoms with Gasteiger partial charge in [0.25, 0.3) is 0 Å². The Kier molecular flexibility index (Phi) is 36.1. The van der Waals surface area contributed by atoms with E-state index in [1.165, 1.54) is 231 Å². The van der Waals surface area contributed by atoms with E-state index in [0.717, 1.165) is 0 Å². The van der Waals surface area contributed by atoms with Gasteiger partial charge in [-0.25, -0.2) is 0 Å². The standard InChI is InChI=1S/C45H94OSi/c1-7-10-13-16-19-22-25-28-31-34-37-40-43(4)47(46,44(5)41-38-35-32-29-26-23-20-17-14-11-8-2)45(6)42-39-36-33-30-27-24-21-18-15-12-9-3/h43-46H,7-42H2,1-6H3. The van der Waals surface area contributed by atoms with Crippen LogP contribution in [0, 0.1) is 0 Å². The zero-order valence-electron chi connectivity index (χ0n) is 34.1. The van der Waals surface area contributed by atoms with Gasteiger partial charge in [0, 0.05) is 0 Å². The second-order valence-electron chi connectivity index (χ2n) is 16.6. The fourth-order valence-corrected chi connectivity index (χ4v) is 13.4. The van der Waals surface area contributed by atoms with Gasteiger partial charge in [0.2, 0.25) is 0 Å². The van der Waals surface area contributed by atoms with Crippen molar-refractivity contribution in [1.29, 1.82) is 0 Å². The normalized spacial score (nSPS) is 15.1. The highest BCUT2D eigenvalue weighted by molar-refractivity contribution is 6.76. The van der Waals surface area contributed by atoms with Crippen LogP contribution in [0.25, 0.3) is 0 Å². The van der Waals surface area contributed by atoms with Gasteiger partial charge < -0.3 is 4.80 Å². The summed E-state index contributed by atoms with van der Waals surface area (Å²) in [7, 11) is -2.35. The van der Waals surface area contributed by atoms with E-state index < -0.39 is 8.32 Å². The van der Waals surface area contributed by atoms with Gasteiger partial charge in [-0.05, 0) is 16.6 Å². The van der Waals surface area contributed by atoms with Crippen molar-refractivity contribution in [1.82, 2.24) is 0 Å². The minimum Gasteiger partial charge on any atom is -0.431 e. The molecule has 0 saturated heterocycles. The van der Waals surface area contributed by atoms with E-state index in [4.69, 9.17) is 0 Å². The Bertz CT molecular complexity index is 512. The first-order valence-corrected chi connectivity index (χ1v) is 24.8. The molecule has 0 aliphatic carbocycles. The largest absolute Gasteiger partial charge is 0.431 e. The van der Waals surface area contributed by atoms with Gasteiger partial charge in [0.05, 0.1) is 0 Å². The molecule has 0 heterocycles. The Labute approximate surface area is 301 Å². The van der Waals surface area contributed by atoms with Crippen LogP contribution in [0.3, 0.4) is 0 Å². The molecule has 0 saturated carbocycles. The molecule has 0 rings (SSSR count). The lowest BCUT2D eigenvalue weighted by Gasteiger charge is -2.42. The fourth-order valence-electron chi connectivity index (χ4n) is 8.49. The van der Waals surface area contributed by atoms with Gasteiger partial charge in [0.15, 0.2) is 8.32 Å². The van der Waals surface area contributed by atoms with Crippen LogP contribution in [0.5, 0.6) is 0 Å². The van der Waals surface area contributed by atoms with Crippen LogP contribution in [0.15, 0.2) is 0 Å². The molecule has 0 aromatic carbocycles. The van der Waals surface area contributed by atoms with E-state index >= 15 is 0 Å². The van der Waals surface area contributed by atoms with E-state index in [-0.39, 0.29) is 0 Å². The monoisotopic (exact) mass is 679 g/mol. The average Bonchev–Trinajstić information content (AvgIpc) is 3.07. The van der Waals surface area contributed by atoms with Crippen molar-refractivity contribution < 1.29 is 4.80 Å². The molecule has 0 aliphatic rings. The summed E-state index contributed by atoms with van der Waals surface area (Å²) in [5.74, 6) is 0. The van der Waals surface area contributed by atoms with Crippen molar-refractivity contribution in [3.63, 3.8) is 0 Å². The summed E-state index contributed by atoms with van der Waals surface area (Å²) in [6.45, 7) is 14.3. The van der Waals surface area contributed by atoms with E-state index in [0.29, 0.717) is 16.6 Å². The molecule has 2 heteroatoms. The Morgan fingerprint density at radius 3 is 0.596 bits per heavy atom. The molecule has 0 radical (unpaired) electrons. The maximum atomic E-state index is 12.6. The smallest absolute Gasteiger partial charge is 0.196 e. The quantitative estimate of drug-likeness (QED) is 0.0507. The average molecular weight is 679 g/mol. The molecule has 1 nitrogen and oxygen atoms in total. The van der Waals surface area contributed by atoms with Gasteiger partial charge in [-0.2, -0.15) is 0 Å². The first kappa shape index (κ1) is 47.2. The SMILES string of the molecule is CCCCCCCCCCCCCC(C)[Si](O)(C(C)CCCCCCCCCCCCC)C(C)CCCCCCCCCCCCC. The Morgan fingerprint density at radius 1 is 0.277 bits per heavy atom. The molecule has 47 heavy (non-hydrogen) atoms. The van der Waals surface area contributed by atoms with Crippen LogP contribution < -0.4 is 0 Å². The van der Waals surface area contributed by atoms with Crippen molar-refractivity contribution in [2.75, 3.05) is 0 Å². The summed E-state index contributed by atoms with van der Waals surface area (Å²) < 4.78 is 0. The second kappa shape index (κ2) is 36.0. The van der Waals surface area contributed by atoms with Crippen LogP contribution in [-0.4, -0.2) is 13.1 Å². The lowest BCUT2D eigenvalue weighted by molar-refractivity contribution is 0.419. The van der Waals surface area contributed by atoms with E-state index in [1.807, 2.05) is 0 Å². The second-order valence-corrected chi connectivity index (χ2v) is 21.3. The van der Waals surface area contributed by atoms with Crippen LogP contribution in [-0.2, 0) is 0 Å². The van der Waals surface area contributed by atoms with E-state index in [9.17, 15) is 4.80 Å². The van der Waals surface area contributed by atoms with Crippen LogP contribution in [0.4, 0.5) is 0 Å². The number of hydrogen-bond acceptors (Lipinski definition) is 1. The molecule has 0 aromatic heterocycles. The zero-order chi connectivity index (χ0) is 34.7. The highest BCUT2D eigenvalue weighted by Gasteiger charge is 2.46. The van der Waals surface area contributed by atoms with Gasteiger partial charge in [-0.15, -0.1) is 0 Å². The lowest BCUT2D eigenvalue weighted by Crippen LogP contribution is -2.47. The molecule has 0 aliphatic heterocycles. The highest BCUT2D eigenvalue weighted by atomic mass is 28.4. The molecule has 0 aromatic rings. The van der Waals surface area contributed by atoms with Crippen molar-refractivity contribution in [2.24, 2.45) is 0 Å². The summed E-state index contributed by atoms with van der Waals surface area (Å²) >= 11 is 0. The van der Waals surface area contributed by atoms with Crippen LogP contribution in [0.2, 0.25) is 16.6 Å². The summed E-state index contributed by atoms with van der Waals surface area (Å²) in [6, 6.07) is 0. The maximum Gasteiger partial charge on any atom is 0.196 e. The third-order valence-electron chi connectivity index (χ3n) is 12.1. The molecule has 1 N–H and O–H groups in total. The van der Waals surface area contributed by atoms with E-state index in [2.05, 4.69) is 41.5 Å². The predicted octanol–water partition coefficient (Wildman–Crippen LogP) is 17.2. The fraction of sp³-hybridized carbons (Fsp3) is 1.00. The van der Waals surface area contributed by atoms with Gasteiger partial charge in [-0.3, -0.25) is 0 Å². The van der Waals surface area contributed by atoms with Gasteiger partial charge in [0.1, 0.15) is 0 Å². The summed E-state index contributed by atoms with van der Waals surface area (Å²) in [6.07, 6.45) is 50.4. The van der Waals surface area contributed by atoms with E-state index in [1.54, 1.807) is 0 Å². The number of rotatable bonds is 39. The third-order valence-corrected chi connectivity index (χ3v) is 17.7. The minimum atomic E-state index is -2.35. The summed E-state index contributed by atoms with van der Waals surface area (Å²) in [4.78, 5) is 12.6. The van der Waals surface area contributed by atoms with Crippen LogP contribution in [0.1, 0.15) is 273 Å². The van der Waals surface area contributed by atoms with Crippen molar-refractivity contribution >= 4 is 8.32 Å². The summed E-state index contributed by atoms with van der Waals surface area (Å²) in [5, 5.41) is 0. The van der Waals surface area contributed by atoms with Gasteiger partial charge >= 0.3 is 0 Å². The van der Waals surface area contributed by atoms with Gasteiger partial charge in [-0.1, -0.05) is 273 Å². The topological polar surface area (TPSA) is 20.2 Å². The Balaban J connectivity index is 4.55. The number of hydrogen-bond donors (Lipinski definition) is 1. The van der Waals surface area contributed by atoms with Crippen molar-refractivity contribution in [3.05, 3.63) is 0 Å². The molecule has 0 spiro atoms. The molecule has 284 valence electrons. The van der Waals surface area contributed by atoms with Crippen molar-refractivity contribution in [2.45, 2.75) is 289 Å². The molecular weight excluding hydrogens is 585 g/mol.